The molecule has 0 bridgehead atoms. The van der Waals surface area contributed by atoms with Gasteiger partial charge in [0, 0.05) is 18.7 Å². The number of benzene rings is 2. The number of ether oxygens (including phenoxy) is 2. The molecular formula is C30H28Cl2F3N3O5. The summed E-state index contributed by atoms with van der Waals surface area (Å²) in [5.74, 6) is -4.35. The van der Waals surface area contributed by atoms with Crippen molar-refractivity contribution in [2.75, 3.05) is 5.32 Å². The van der Waals surface area contributed by atoms with Crippen LogP contribution >= 0.6 is 23.2 Å². The van der Waals surface area contributed by atoms with Crippen LogP contribution in [0.1, 0.15) is 47.2 Å². The molecule has 0 spiro atoms. The molecule has 1 amide bonds. The second kappa shape index (κ2) is 14.7. The third-order valence-corrected chi connectivity index (χ3v) is 7.47. The highest BCUT2D eigenvalue weighted by Gasteiger charge is 2.43. The van der Waals surface area contributed by atoms with Crippen LogP contribution in [0, 0.1) is 0 Å². The van der Waals surface area contributed by atoms with E-state index < -0.39 is 30.1 Å². The molecule has 1 atom stereocenters. The molecule has 1 heterocycles. The molecule has 8 nitrogen and oxygen atoms in total. The number of nitrogens with one attached hydrogen (secondary N) is 2. The van der Waals surface area contributed by atoms with E-state index in [4.69, 9.17) is 27.9 Å². The number of carbonyl (C=O) groups excluding carboxylic acids is 3. The van der Waals surface area contributed by atoms with E-state index in [1.54, 1.807) is 30.5 Å². The van der Waals surface area contributed by atoms with E-state index in [9.17, 15) is 27.6 Å². The topological polar surface area (TPSA) is 107 Å². The Hall–Kier alpha value is -3.67. The zero-order chi connectivity index (χ0) is 31.0. The van der Waals surface area contributed by atoms with Crippen LogP contribution < -0.4 is 10.6 Å². The number of anilines is 1. The fourth-order valence-corrected chi connectivity index (χ4v) is 5.18. The molecule has 228 valence electrons. The maximum absolute atomic E-state index is 12.9. The second-order valence-corrected chi connectivity index (χ2v) is 10.8. The molecule has 1 aliphatic rings. The Morgan fingerprint density at radius 1 is 0.907 bits per heavy atom. The van der Waals surface area contributed by atoms with Crippen LogP contribution in [0.2, 0.25) is 10.0 Å². The molecule has 1 saturated carbocycles. The van der Waals surface area contributed by atoms with E-state index >= 15 is 0 Å². The number of nitrogens with zero attached hydrogens (tertiary/aromatic N) is 1. The number of hydrogen-bond acceptors (Lipinski definition) is 7. The number of pyridine rings is 1. The first-order chi connectivity index (χ1) is 20.5. The predicted octanol–water partition coefficient (Wildman–Crippen LogP) is 6.30. The summed E-state index contributed by atoms with van der Waals surface area (Å²) in [7, 11) is 0. The summed E-state index contributed by atoms with van der Waals surface area (Å²) in [6.45, 7) is 0.344. The van der Waals surface area contributed by atoms with E-state index in [1.165, 1.54) is 18.2 Å². The average Bonchev–Trinajstić information content (AvgIpc) is 2.97. The van der Waals surface area contributed by atoms with Crippen molar-refractivity contribution in [2.45, 2.75) is 63.1 Å². The van der Waals surface area contributed by atoms with Gasteiger partial charge in [0.05, 0.1) is 28.3 Å². The summed E-state index contributed by atoms with van der Waals surface area (Å²) in [5.41, 5.74) is 1.15. The number of rotatable bonds is 10. The number of aromatic nitrogens is 1. The fraction of sp³-hybridized carbons (Fsp3) is 0.333. The maximum atomic E-state index is 12.9. The third-order valence-electron chi connectivity index (χ3n) is 6.84. The molecule has 0 radical (unpaired) electrons. The number of esters is 2. The Bertz CT molecular complexity index is 1400. The SMILES string of the molecule is O=C(N[C@@H](Cc1ccc(COC2CCC(Nc3ccccn3)CC2)cc1)C(=O)OC(=O)C(F)(F)F)c1c(Cl)cccc1Cl. The number of alkyl halides is 3. The van der Waals surface area contributed by atoms with Gasteiger partial charge in [-0.3, -0.25) is 4.79 Å². The number of carbonyl (C=O) groups is 3. The normalized spacial score (nSPS) is 17.5. The van der Waals surface area contributed by atoms with Crippen LogP contribution in [-0.4, -0.2) is 47.2 Å². The van der Waals surface area contributed by atoms with E-state index in [-0.39, 0.29) is 28.1 Å². The van der Waals surface area contributed by atoms with Crippen LogP contribution in [0.3, 0.4) is 0 Å². The van der Waals surface area contributed by atoms with Gasteiger partial charge in [-0.1, -0.05) is 59.6 Å². The largest absolute Gasteiger partial charge is 0.491 e. The Balaban J connectivity index is 1.34. The van der Waals surface area contributed by atoms with Gasteiger partial charge in [-0.25, -0.2) is 14.6 Å². The van der Waals surface area contributed by atoms with Gasteiger partial charge in [0.25, 0.3) is 5.91 Å². The number of hydrogen-bond donors (Lipinski definition) is 2. The molecule has 1 fully saturated rings. The minimum Gasteiger partial charge on any atom is -0.385 e. The van der Waals surface area contributed by atoms with Crippen molar-refractivity contribution in [3.8, 4) is 0 Å². The molecule has 1 aliphatic carbocycles. The van der Waals surface area contributed by atoms with Crippen molar-refractivity contribution in [3.63, 3.8) is 0 Å². The maximum Gasteiger partial charge on any atom is 0.491 e. The summed E-state index contributed by atoms with van der Waals surface area (Å²) >= 11 is 12.1. The number of amides is 1. The Labute approximate surface area is 255 Å². The van der Waals surface area contributed by atoms with Crippen molar-refractivity contribution in [2.24, 2.45) is 0 Å². The van der Waals surface area contributed by atoms with Crippen LogP contribution in [-0.2, 0) is 32.1 Å². The van der Waals surface area contributed by atoms with Gasteiger partial charge in [-0.2, -0.15) is 13.2 Å². The Morgan fingerprint density at radius 2 is 1.56 bits per heavy atom. The molecule has 2 aromatic carbocycles. The second-order valence-electron chi connectivity index (χ2n) is 9.99. The molecule has 13 heteroatoms. The van der Waals surface area contributed by atoms with Crippen LogP contribution in [0.15, 0.2) is 66.9 Å². The van der Waals surface area contributed by atoms with E-state index in [0.29, 0.717) is 18.2 Å². The molecule has 0 aliphatic heterocycles. The van der Waals surface area contributed by atoms with Gasteiger partial charge < -0.3 is 20.1 Å². The van der Waals surface area contributed by atoms with Crippen LogP contribution in [0.5, 0.6) is 0 Å². The van der Waals surface area contributed by atoms with Gasteiger partial charge in [0.2, 0.25) is 0 Å². The van der Waals surface area contributed by atoms with E-state index in [2.05, 4.69) is 20.4 Å². The third kappa shape index (κ3) is 9.41. The smallest absolute Gasteiger partial charge is 0.385 e. The van der Waals surface area contributed by atoms with Crippen LogP contribution in [0.25, 0.3) is 0 Å². The molecular weight excluding hydrogens is 610 g/mol. The number of halogens is 5. The lowest BCUT2D eigenvalue weighted by atomic mass is 9.93. The van der Waals surface area contributed by atoms with Gasteiger partial charge in [0.15, 0.2) is 0 Å². The summed E-state index contributed by atoms with van der Waals surface area (Å²) in [5, 5.41) is 5.65. The standard InChI is InChI=1S/C30H28Cl2F3N3O5/c31-22-4-3-5-23(32)26(22)27(39)38-24(28(40)43-29(41)30(33,34)35)16-18-7-9-19(10-8-18)17-42-21-13-11-20(12-14-21)37-25-6-1-2-15-36-25/h1-10,15,20-21,24H,11-14,16-17H2,(H,36,37)(H,38,39)/t20?,21?,24-/m0/s1. The molecule has 2 N–H and O–H groups in total. The van der Waals surface area contributed by atoms with Gasteiger partial charge in [-0.15, -0.1) is 0 Å². The van der Waals surface area contributed by atoms with Gasteiger partial charge >= 0.3 is 18.1 Å². The van der Waals surface area contributed by atoms with Crippen molar-refractivity contribution >= 4 is 46.9 Å². The zero-order valence-corrected chi connectivity index (χ0v) is 24.2. The van der Waals surface area contributed by atoms with Gasteiger partial charge in [0.1, 0.15) is 11.9 Å². The summed E-state index contributed by atoms with van der Waals surface area (Å²) < 4.78 is 48.3. The quantitative estimate of drug-likeness (QED) is 0.198. The predicted molar refractivity (Wildman–Crippen MR) is 154 cm³/mol. The first kappa shape index (κ1) is 32.2. The zero-order valence-electron chi connectivity index (χ0n) is 22.7. The van der Waals surface area contributed by atoms with Gasteiger partial charge in [-0.05, 0) is 61.1 Å². The first-order valence-electron chi connectivity index (χ1n) is 13.4. The van der Waals surface area contributed by atoms with Crippen molar-refractivity contribution < 1.29 is 37.0 Å². The molecule has 0 unspecified atom stereocenters. The molecule has 3 aromatic rings. The average molecular weight is 638 g/mol. The lowest BCUT2D eigenvalue weighted by Gasteiger charge is -2.29. The lowest BCUT2D eigenvalue weighted by Crippen LogP contribution is -2.45. The van der Waals surface area contributed by atoms with E-state index in [0.717, 1.165) is 37.1 Å². The fourth-order valence-electron chi connectivity index (χ4n) is 4.61. The van der Waals surface area contributed by atoms with E-state index in [1.807, 2.05) is 18.2 Å². The summed E-state index contributed by atoms with van der Waals surface area (Å²) in [4.78, 5) is 41.0. The highest BCUT2D eigenvalue weighted by Crippen LogP contribution is 2.26. The Kier molecular flexibility index (Phi) is 11.0. The molecule has 1 aromatic heterocycles. The molecule has 43 heavy (non-hydrogen) atoms. The summed E-state index contributed by atoms with van der Waals surface area (Å²) in [6, 6.07) is 15.5. The highest BCUT2D eigenvalue weighted by molar-refractivity contribution is 6.39. The minimum absolute atomic E-state index is 0.0363. The van der Waals surface area contributed by atoms with Crippen LogP contribution in [0.4, 0.5) is 19.0 Å². The monoisotopic (exact) mass is 637 g/mol. The summed E-state index contributed by atoms with van der Waals surface area (Å²) in [6.07, 6.45) is -0.164. The first-order valence-corrected chi connectivity index (χ1v) is 14.2. The Morgan fingerprint density at radius 3 is 2.16 bits per heavy atom. The highest BCUT2D eigenvalue weighted by atomic mass is 35.5. The van der Waals surface area contributed by atoms with Crippen molar-refractivity contribution in [3.05, 3.63) is 93.6 Å². The minimum atomic E-state index is -5.40. The van der Waals surface area contributed by atoms with Crippen molar-refractivity contribution in [1.29, 1.82) is 0 Å². The molecule has 0 saturated heterocycles. The molecule has 4 rings (SSSR count). The lowest BCUT2D eigenvalue weighted by molar-refractivity contribution is -0.202. The van der Waals surface area contributed by atoms with Crippen molar-refractivity contribution in [1.82, 2.24) is 10.3 Å².